The van der Waals surface area contributed by atoms with E-state index in [0.717, 1.165) is 29.8 Å². The second-order valence-corrected chi connectivity index (χ2v) is 7.35. The standard InChI is InChI=1S/C17H15F3O3S/c18-17(19,20)14-6-8-16(9-7-14)24(21,22)23-15-10-13(11-15)12-4-2-1-3-5-12/h1-9,13,15H,10-11H2. The molecule has 0 bridgehead atoms. The Hall–Kier alpha value is -1.86. The van der Waals surface area contributed by atoms with Crippen molar-refractivity contribution < 1.29 is 25.8 Å². The van der Waals surface area contributed by atoms with Crippen LogP contribution >= 0.6 is 0 Å². The lowest BCUT2D eigenvalue weighted by Gasteiger charge is -2.34. The summed E-state index contributed by atoms with van der Waals surface area (Å²) in [5, 5.41) is 0. The first-order valence-electron chi connectivity index (χ1n) is 7.41. The molecule has 1 aliphatic rings. The van der Waals surface area contributed by atoms with Gasteiger partial charge in [0.2, 0.25) is 0 Å². The van der Waals surface area contributed by atoms with E-state index in [2.05, 4.69) is 0 Å². The van der Waals surface area contributed by atoms with Crippen molar-refractivity contribution in [2.45, 2.75) is 35.9 Å². The number of benzene rings is 2. The molecule has 0 N–H and O–H groups in total. The van der Waals surface area contributed by atoms with Gasteiger partial charge >= 0.3 is 6.18 Å². The number of halogens is 3. The Morgan fingerprint density at radius 3 is 2.04 bits per heavy atom. The molecule has 1 saturated carbocycles. The van der Waals surface area contributed by atoms with Gasteiger partial charge in [0.05, 0.1) is 16.6 Å². The maximum atomic E-state index is 12.5. The maximum absolute atomic E-state index is 12.5. The van der Waals surface area contributed by atoms with Crippen LogP contribution in [0.2, 0.25) is 0 Å². The molecule has 0 spiro atoms. The van der Waals surface area contributed by atoms with Gasteiger partial charge in [0.15, 0.2) is 0 Å². The van der Waals surface area contributed by atoms with Gasteiger partial charge in [0.1, 0.15) is 0 Å². The lowest BCUT2D eigenvalue weighted by atomic mass is 9.78. The van der Waals surface area contributed by atoms with Crippen molar-refractivity contribution in [3.63, 3.8) is 0 Å². The zero-order valence-corrected chi connectivity index (χ0v) is 13.3. The number of alkyl halides is 3. The van der Waals surface area contributed by atoms with Crippen molar-refractivity contribution in [3.05, 3.63) is 65.7 Å². The second kappa shape index (κ2) is 6.22. The van der Waals surface area contributed by atoms with Crippen molar-refractivity contribution in [1.82, 2.24) is 0 Å². The largest absolute Gasteiger partial charge is 0.416 e. The van der Waals surface area contributed by atoms with Crippen LogP contribution < -0.4 is 0 Å². The average Bonchev–Trinajstić information content (AvgIpc) is 2.51. The highest BCUT2D eigenvalue weighted by molar-refractivity contribution is 7.86. The van der Waals surface area contributed by atoms with Gasteiger partial charge in [-0.05, 0) is 48.6 Å². The summed E-state index contributed by atoms with van der Waals surface area (Å²) in [7, 11) is -4.06. The van der Waals surface area contributed by atoms with Crippen molar-refractivity contribution in [2.75, 3.05) is 0 Å². The molecule has 0 saturated heterocycles. The number of rotatable bonds is 4. The molecular weight excluding hydrogens is 341 g/mol. The summed E-state index contributed by atoms with van der Waals surface area (Å²) in [6, 6.07) is 13.0. The van der Waals surface area contributed by atoms with Crippen LogP contribution in [0.1, 0.15) is 29.9 Å². The smallest absolute Gasteiger partial charge is 0.263 e. The first-order chi connectivity index (χ1) is 11.3. The molecule has 0 aliphatic heterocycles. The predicted octanol–water partition coefficient (Wildman–Crippen LogP) is 4.36. The Bertz CT molecular complexity index is 793. The highest BCUT2D eigenvalue weighted by atomic mass is 32.2. The highest BCUT2D eigenvalue weighted by Crippen LogP contribution is 2.40. The summed E-state index contributed by atoms with van der Waals surface area (Å²) in [6.45, 7) is 0. The highest BCUT2D eigenvalue weighted by Gasteiger charge is 2.35. The van der Waals surface area contributed by atoms with E-state index in [1.807, 2.05) is 30.3 Å². The molecule has 0 unspecified atom stereocenters. The summed E-state index contributed by atoms with van der Waals surface area (Å²) in [5.41, 5.74) is 0.235. The van der Waals surface area contributed by atoms with E-state index < -0.39 is 28.0 Å². The Morgan fingerprint density at radius 2 is 1.50 bits per heavy atom. The van der Waals surface area contributed by atoms with E-state index in [1.54, 1.807) is 0 Å². The van der Waals surface area contributed by atoms with Crippen molar-refractivity contribution >= 4 is 10.1 Å². The first-order valence-corrected chi connectivity index (χ1v) is 8.82. The van der Waals surface area contributed by atoms with Gasteiger partial charge in [0.25, 0.3) is 10.1 Å². The summed E-state index contributed by atoms with van der Waals surface area (Å²) in [5.74, 6) is 0.249. The Balaban J connectivity index is 1.63. The monoisotopic (exact) mass is 356 g/mol. The molecule has 0 amide bonds. The third kappa shape index (κ3) is 3.62. The van der Waals surface area contributed by atoms with Crippen molar-refractivity contribution in [3.8, 4) is 0 Å². The van der Waals surface area contributed by atoms with Gasteiger partial charge in [-0.15, -0.1) is 0 Å². The molecule has 0 radical (unpaired) electrons. The van der Waals surface area contributed by atoms with Crippen LogP contribution in [-0.2, 0) is 20.5 Å². The van der Waals surface area contributed by atoms with Crippen LogP contribution in [0.15, 0.2) is 59.5 Å². The summed E-state index contributed by atoms with van der Waals surface area (Å²) in [4.78, 5) is -0.265. The van der Waals surface area contributed by atoms with Gasteiger partial charge < -0.3 is 0 Å². The van der Waals surface area contributed by atoms with Crippen LogP contribution in [0.5, 0.6) is 0 Å². The topological polar surface area (TPSA) is 43.4 Å². The molecule has 24 heavy (non-hydrogen) atoms. The molecule has 128 valence electrons. The van der Waals surface area contributed by atoms with Gasteiger partial charge in [-0.3, -0.25) is 4.18 Å². The number of hydrogen-bond donors (Lipinski definition) is 0. The number of hydrogen-bond acceptors (Lipinski definition) is 3. The molecule has 0 aromatic heterocycles. The average molecular weight is 356 g/mol. The van der Waals surface area contributed by atoms with E-state index in [4.69, 9.17) is 4.18 Å². The van der Waals surface area contributed by atoms with Crippen LogP contribution in [0.4, 0.5) is 13.2 Å². The summed E-state index contributed by atoms with van der Waals surface area (Å²) >= 11 is 0. The Kier molecular flexibility index (Phi) is 4.40. The van der Waals surface area contributed by atoms with Gasteiger partial charge in [-0.2, -0.15) is 21.6 Å². The summed E-state index contributed by atoms with van der Waals surface area (Å²) < 4.78 is 66.9. The predicted molar refractivity (Wildman–Crippen MR) is 81.9 cm³/mol. The van der Waals surface area contributed by atoms with Crippen LogP contribution in [0.3, 0.4) is 0 Å². The molecule has 0 atom stereocenters. The molecule has 0 heterocycles. The van der Waals surface area contributed by atoms with Gasteiger partial charge in [-0.25, -0.2) is 0 Å². The van der Waals surface area contributed by atoms with Crippen LogP contribution in [-0.4, -0.2) is 14.5 Å². The van der Waals surface area contributed by atoms with E-state index in [9.17, 15) is 21.6 Å². The zero-order valence-electron chi connectivity index (χ0n) is 12.5. The summed E-state index contributed by atoms with van der Waals surface area (Å²) in [6.07, 6.45) is -3.80. The van der Waals surface area contributed by atoms with Gasteiger partial charge in [-0.1, -0.05) is 30.3 Å². The third-order valence-corrected chi connectivity index (χ3v) is 5.47. The van der Waals surface area contributed by atoms with E-state index in [-0.39, 0.29) is 10.8 Å². The van der Waals surface area contributed by atoms with E-state index >= 15 is 0 Å². The molecule has 3 rings (SSSR count). The van der Waals surface area contributed by atoms with E-state index in [0.29, 0.717) is 12.8 Å². The zero-order chi connectivity index (χ0) is 17.4. The SMILES string of the molecule is O=S(=O)(OC1CC(c2ccccc2)C1)c1ccc(C(F)(F)F)cc1. The molecule has 7 heteroatoms. The van der Waals surface area contributed by atoms with Crippen molar-refractivity contribution in [1.29, 1.82) is 0 Å². The molecule has 1 aliphatic carbocycles. The normalized spacial score (nSPS) is 21.3. The minimum Gasteiger partial charge on any atom is -0.263 e. The molecule has 2 aromatic rings. The fourth-order valence-electron chi connectivity index (χ4n) is 2.69. The van der Waals surface area contributed by atoms with E-state index in [1.165, 1.54) is 0 Å². The third-order valence-electron chi connectivity index (χ3n) is 4.10. The van der Waals surface area contributed by atoms with Gasteiger partial charge in [0, 0.05) is 0 Å². The second-order valence-electron chi connectivity index (χ2n) is 5.77. The fourth-order valence-corrected chi connectivity index (χ4v) is 3.78. The van der Waals surface area contributed by atoms with Crippen LogP contribution in [0, 0.1) is 0 Å². The fraction of sp³-hybridized carbons (Fsp3) is 0.294. The molecule has 2 aromatic carbocycles. The molecule has 1 fully saturated rings. The maximum Gasteiger partial charge on any atom is 0.416 e. The minimum atomic E-state index is -4.50. The Morgan fingerprint density at radius 1 is 0.917 bits per heavy atom. The minimum absolute atomic E-state index is 0.249. The molecule has 3 nitrogen and oxygen atoms in total. The molecular formula is C17H15F3O3S. The lowest BCUT2D eigenvalue weighted by molar-refractivity contribution is -0.137. The van der Waals surface area contributed by atoms with Crippen molar-refractivity contribution in [2.24, 2.45) is 0 Å². The Labute approximate surface area is 138 Å². The lowest BCUT2D eigenvalue weighted by Crippen LogP contribution is -2.31. The first kappa shape index (κ1) is 17.0. The quantitative estimate of drug-likeness (QED) is 0.765. The van der Waals surface area contributed by atoms with Crippen LogP contribution in [0.25, 0.3) is 0 Å².